The molecule has 1 heterocycles. The van der Waals surface area contributed by atoms with E-state index in [2.05, 4.69) is 0 Å². The fourth-order valence-electron chi connectivity index (χ4n) is 2.50. The summed E-state index contributed by atoms with van der Waals surface area (Å²) in [4.78, 5) is 13.7. The largest absolute Gasteiger partial charge is 0.444 e. The molecular formula is C16H23NO3. The SMILES string of the molecule is CC(C)(C)OC(=O)N1CCC[C@](O)(c2ccccc2)C1. The molecule has 20 heavy (non-hydrogen) atoms. The van der Waals surface area contributed by atoms with E-state index < -0.39 is 11.2 Å². The highest BCUT2D eigenvalue weighted by Crippen LogP contribution is 2.31. The first-order chi connectivity index (χ1) is 9.30. The fraction of sp³-hybridized carbons (Fsp3) is 0.562. The van der Waals surface area contributed by atoms with Crippen molar-refractivity contribution < 1.29 is 14.6 Å². The van der Waals surface area contributed by atoms with Crippen LogP contribution in [-0.4, -0.2) is 34.8 Å². The maximum Gasteiger partial charge on any atom is 0.410 e. The molecule has 1 atom stereocenters. The first-order valence-electron chi connectivity index (χ1n) is 7.06. The van der Waals surface area contributed by atoms with Gasteiger partial charge in [-0.1, -0.05) is 30.3 Å². The number of aliphatic hydroxyl groups is 1. The van der Waals surface area contributed by atoms with Gasteiger partial charge in [0.1, 0.15) is 11.2 Å². The maximum absolute atomic E-state index is 12.1. The molecule has 4 heteroatoms. The molecule has 1 aromatic carbocycles. The van der Waals surface area contributed by atoms with Crippen LogP contribution in [0, 0.1) is 0 Å². The summed E-state index contributed by atoms with van der Waals surface area (Å²) in [7, 11) is 0. The average molecular weight is 277 g/mol. The molecule has 1 aliphatic rings. The number of nitrogens with zero attached hydrogens (tertiary/aromatic N) is 1. The lowest BCUT2D eigenvalue weighted by molar-refractivity contribution is -0.0465. The van der Waals surface area contributed by atoms with E-state index in [0.29, 0.717) is 13.0 Å². The molecule has 0 aromatic heterocycles. The number of piperidine rings is 1. The lowest BCUT2D eigenvalue weighted by Gasteiger charge is -2.39. The van der Waals surface area contributed by atoms with E-state index in [1.54, 1.807) is 4.90 Å². The van der Waals surface area contributed by atoms with Crippen LogP contribution in [-0.2, 0) is 10.3 Å². The zero-order chi connectivity index (χ0) is 14.8. The molecule has 0 bridgehead atoms. The highest BCUT2D eigenvalue weighted by molar-refractivity contribution is 5.68. The van der Waals surface area contributed by atoms with Crippen LogP contribution in [0.1, 0.15) is 39.2 Å². The number of likely N-dealkylation sites (tertiary alicyclic amines) is 1. The Kier molecular flexibility index (Phi) is 4.04. The molecule has 4 nitrogen and oxygen atoms in total. The molecule has 0 spiro atoms. The third-order valence-corrected chi connectivity index (χ3v) is 3.43. The monoisotopic (exact) mass is 277 g/mol. The van der Waals surface area contributed by atoms with E-state index >= 15 is 0 Å². The quantitative estimate of drug-likeness (QED) is 0.858. The van der Waals surface area contributed by atoms with E-state index in [0.717, 1.165) is 12.0 Å². The van der Waals surface area contributed by atoms with Crippen LogP contribution in [0.15, 0.2) is 30.3 Å². The molecule has 1 fully saturated rings. The molecule has 2 rings (SSSR count). The molecule has 0 saturated carbocycles. The van der Waals surface area contributed by atoms with E-state index in [-0.39, 0.29) is 12.6 Å². The number of rotatable bonds is 1. The van der Waals surface area contributed by atoms with Crippen LogP contribution in [0.2, 0.25) is 0 Å². The second-order valence-corrected chi connectivity index (χ2v) is 6.40. The van der Waals surface area contributed by atoms with Crippen molar-refractivity contribution in [2.45, 2.75) is 44.8 Å². The van der Waals surface area contributed by atoms with E-state index in [1.165, 1.54) is 0 Å². The van der Waals surface area contributed by atoms with Crippen molar-refractivity contribution >= 4 is 6.09 Å². The number of ether oxygens (including phenoxy) is 1. The van der Waals surface area contributed by atoms with Crippen LogP contribution in [0.5, 0.6) is 0 Å². The zero-order valence-electron chi connectivity index (χ0n) is 12.4. The van der Waals surface area contributed by atoms with Crippen molar-refractivity contribution in [2.75, 3.05) is 13.1 Å². The topological polar surface area (TPSA) is 49.8 Å². The molecule has 1 N–H and O–H groups in total. The van der Waals surface area contributed by atoms with Gasteiger partial charge in [0, 0.05) is 6.54 Å². The summed E-state index contributed by atoms with van der Waals surface area (Å²) >= 11 is 0. The van der Waals surface area contributed by atoms with Gasteiger partial charge in [0.05, 0.1) is 6.54 Å². The molecule has 1 aliphatic heterocycles. The van der Waals surface area contributed by atoms with Crippen LogP contribution < -0.4 is 0 Å². The van der Waals surface area contributed by atoms with Crippen LogP contribution in [0.3, 0.4) is 0 Å². The summed E-state index contributed by atoms with van der Waals surface area (Å²) in [5, 5.41) is 10.8. The Morgan fingerprint density at radius 3 is 2.55 bits per heavy atom. The predicted molar refractivity (Wildman–Crippen MR) is 77.4 cm³/mol. The number of amides is 1. The summed E-state index contributed by atoms with van der Waals surface area (Å²) in [6, 6.07) is 9.53. The smallest absolute Gasteiger partial charge is 0.410 e. The normalized spacial score (nSPS) is 23.5. The molecule has 1 saturated heterocycles. The summed E-state index contributed by atoms with van der Waals surface area (Å²) in [6.07, 6.45) is 1.08. The summed E-state index contributed by atoms with van der Waals surface area (Å²) in [5.74, 6) is 0. The Labute approximate surface area is 120 Å². The van der Waals surface area contributed by atoms with Gasteiger partial charge in [-0.05, 0) is 39.2 Å². The fourth-order valence-corrected chi connectivity index (χ4v) is 2.50. The first kappa shape index (κ1) is 14.9. The van der Waals surface area contributed by atoms with Crippen LogP contribution in [0.4, 0.5) is 4.79 Å². The maximum atomic E-state index is 12.1. The minimum atomic E-state index is -0.976. The standard InChI is InChI=1S/C16H23NO3/c1-15(2,3)20-14(18)17-11-7-10-16(19,12-17)13-8-5-4-6-9-13/h4-6,8-9,19H,7,10-12H2,1-3H3/t16-/m1/s1. The lowest BCUT2D eigenvalue weighted by atomic mass is 9.86. The Balaban J connectivity index is 2.11. The van der Waals surface area contributed by atoms with Crippen molar-refractivity contribution in [3.8, 4) is 0 Å². The molecule has 1 aromatic rings. The van der Waals surface area contributed by atoms with Gasteiger partial charge in [-0.15, -0.1) is 0 Å². The van der Waals surface area contributed by atoms with Crippen LogP contribution >= 0.6 is 0 Å². The third kappa shape index (κ3) is 3.51. The predicted octanol–water partition coefficient (Wildman–Crippen LogP) is 2.91. The number of carbonyl (C=O) groups is 1. The highest BCUT2D eigenvalue weighted by atomic mass is 16.6. The lowest BCUT2D eigenvalue weighted by Crippen LogP contribution is -2.49. The van der Waals surface area contributed by atoms with Gasteiger partial charge in [-0.3, -0.25) is 0 Å². The summed E-state index contributed by atoms with van der Waals surface area (Å²) < 4.78 is 5.38. The van der Waals surface area contributed by atoms with Crippen molar-refractivity contribution in [1.29, 1.82) is 0 Å². The van der Waals surface area contributed by atoms with Gasteiger partial charge in [0.25, 0.3) is 0 Å². The van der Waals surface area contributed by atoms with Gasteiger partial charge in [-0.25, -0.2) is 4.79 Å². The van der Waals surface area contributed by atoms with Gasteiger partial charge in [0.2, 0.25) is 0 Å². The number of β-amino-alcohol motifs (C(OH)–C–C–N with tert-alkyl or cyclic N) is 1. The number of hydrogen-bond donors (Lipinski definition) is 1. The van der Waals surface area contributed by atoms with E-state index in [1.807, 2.05) is 51.1 Å². The third-order valence-electron chi connectivity index (χ3n) is 3.43. The number of carbonyl (C=O) groups excluding carboxylic acids is 1. The van der Waals surface area contributed by atoms with Crippen molar-refractivity contribution in [3.05, 3.63) is 35.9 Å². The van der Waals surface area contributed by atoms with Gasteiger partial charge < -0.3 is 14.7 Å². The first-order valence-corrected chi connectivity index (χ1v) is 7.06. The Bertz CT molecular complexity index is 466. The van der Waals surface area contributed by atoms with Gasteiger partial charge >= 0.3 is 6.09 Å². The van der Waals surface area contributed by atoms with Gasteiger partial charge in [0.15, 0.2) is 0 Å². The zero-order valence-corrected chi connectivity index (χ0v) is 12.4. The highest BCUT2D eigenvalue weighted by Gasteiger charge is 2.37. The minimum Gasteiger partial charge on any atom is -0.444 e. The molecule has 0 aliphatic carbocycles. The molecule has 0 unspecified atom stereocenters. The Hall–Kier alpha value is -1.55. The number of hydrogen-bond acceptors (Lipinski definition) is 3. The van der Waals surface area contributed by atoms with Gasteiger partial charge in [-0.2, -0.15) is 0 Å². The van der Waals surface area contributed by atoms with Crippen molar-refractivity contribution in [3.63, 3.8) is 0 Å². The minimum absolute atomic E-state index is 0.284. The van der Waals surface area contributed by atoms with E-state index in [9.17, 15) is 9.90 Å². The Morgan fingerprint density at radius 1 is 1.30 bits per heavy atom. The molecular weight excluding hydrogens is 254 g/mol. The van der Waals surface area contributed by atoms with Crippen LogP contribution in [0.25, 0.3) is 0 Å². The summed E-state index contributed by atoms with van der Waals surface area (Å²) in [5.41, 5.74) is -0.635. The van der Waals surface area contributed by atoms with E-state index in [4.69, 9.17) is 4.74 Å². The van der Waals surface area contributed by atoms with Crippen molar-refractivity contribution in [1.82, 2.24) is 4.90 Å². The Morgan fingerprint density at radius 2 is 1.95 bits per heavy atom. The molecule has 110 valence electrons. The average Bonchev–Trinajstić information content (AvgIpc) is 2.38. The second-order valence-electron chi connectivity index (χ2n) is 6.40. The second kappa shape index (κ2) is 5.44. The molecule has 0 radical (unpaired) electrons. The molecule has 1 amide bonds. The number of benzene rings is 1. The summed E-state index contributed by atoms with van der Waals surface area (Å²) in [6.45, 7) is 6.45. The van der Waals surface area contributed by atoms with Crippen molar-refractivity contribution in [2.24, 2.45) is 0 Å².